The summed E-state index contributed by atoms with van der Waals surface area (Å²) in [7, 11) is 1.39. The molecule has 0 aromatic rings. The van der Waals surface area contributed by atoms with Gasteiger partial charge in [-0.1, -0.05) is 19.9 Å². The fourth-order valence-corrected chi connectivity index (χ4v) is 7.39. The Balaban J connectivity index is 1.81. The van der Waals surface area contributed by atoms with Gasteiger partial charge in [-0.05, 0) is 61.2 Å². The summed E-state index contributed by atoms with van der Waals surface area (Å²) in [4.78, 5) is 36.8. The van der Waals surface area contributed by atoms with E-state index < -0.39 is 52.3 Å². The molecule has 0 saturated heterocycles. The summed E-state index contributed by atoms with van der Waals surface area (Å²) in [6.07, 6.45) is 1.20. The van der Waals surface area contributed by atoms with Crippen LogP contribution in [0.5, 0.6) is 0 Å². The number of alkyl halides is 2. The van der Waals surface area contributed by atoms with E-state index in [0.29, 0.717) is 6.42 Å². The lowest BCUT2D eigenvalue weighted by Crippen LogP contribution is -2.68. The zero-order chi connectivity index (χ0) is 22.2. The molecule has 0 spiro atoms. The smallest absolute Gasteiger partial charge is 0.287 e. The van der Waals surface area contributed by atoms with Gasteiger partial charge in [-0.15, -0.1) is 0 Å². The Kier molecular flexibility index (Phi) is 4.66. The first-order valence-electron chi connectivity index (χ1n) is 10.6. The summed E-state index contributed by atoms with van der Waals surface area (Å²) < 4.78 is 32.2. The Morgan fingerprint density at radius 3 is 2.53 bits per heavy atom. The van der Waals surface area contributed by atoms with Gasteiger partial charge in [0.15, 0.2) is 11.5 Å². The van der Waals surface area contributed by atoms with Gasteiger partial charge < -0.3 is 10.4 Å². The van der Waals surface area contributed by atoms with Crippen LogP contribution in [0.25, 0.3) is 0 Å². The number of carbonyl (C=O) groups excluding carboxylic acids is 3. The van der Waals surface area contributed by atoms with E-state index in [0.717, 1.165) is 6.08 Å². The van der Waals surface area contributed by atoms with E-state index in [9.17, 15) is 19.5 Å². The number of allylic oxidation sites excluding steroid dienone is 4. The molecule has 0 heterocycles. The lowest BCUT2D eigenvalue weighted by Gasteiger charge is -2.62. The average Bonchev–Trinajstić information content (AvgIpc) is 2.94. The topological polar surface area (TPSA) is 83.5 Å². The predicted molar refractivity (Wildman–Crippen MR) is 106 cm³/mol. The Morgan fingerprint density at radius 1 is 1.23 bits per heavy atom. The highest BCUT2D eigenvalue weighted by atomic mass is 19.1. The standard InChI is InChI=1S/C23H29F2NO4/c1-11-7-13-14-9-16(24)15-8-12(27)5-6-22(15,3)23(14,25)17(28)10-21(13,2)18(11)19(29)20(30)26-4/h5-6,8,11,13-14,16-18,28H,7,9-10H2,1-4H3,(H,26,30)/t11?,13-,14-,16?,17?,18+,21-,22-,23-/m0/s1. The summed E-state index contributed by atoms with van der Waals surface area (Å²) in [5.41, 5.74) is -4.32. The Hall–Kier alpha value is -1.89. The van der Waals surface area contributed by atoms with Crippen molar-refractivity contribution < 1.29 is 28.3 Å². The first-order valence-corrected chi connectivity index (χ1v) is 10.6. The second kappa shape index (κ2) is 6.55. The second-order valence-corrected chi connectivity index (χ2v) is 10.1. The number of aliphatic hydroxyl groups excluding tert-OH is 1. The summed E-state index contributed by atoms with van der Waals surface area (Å²) in [6.45, 7) is 5.25. The number of nitrogens with one attached hydrogen (secondary N) is 1. The maximum absolute atomic E-state index is 16.9. The molecule has 164 valence electrons. The van der Waals surface area contributed by atoms with E-state index in [2.05, 4.69) is 5.32 Å². The molecule has 0 aromatic heterocycles. The molecule has 30 heavy (non-hydrogen) atoms. The Morgan fingerprint density at radius 2 is 1.90 bits per heavy atom. The number of hydrogen-bond donors (Lipinski definition) is 2. The minimum Gasteiger partial charge on any atom is -0.390 e. The van der Waals surface area contributed by atoms with Gasteiger partial charge in [0.25, 0.3) is 5.91 Å². The van der Waals surface area contributed by atoms with Gasteiger partial charge in [-0.3, -0.25) is 14.4 Å². The van der Waals surface area contributed by atoms with E-state index >= 15 is 8.78 Å². The summed E-state index contributed by atoms with van der Waals surface area (Å²) in [5.74, 6) is -3.67. The molecule has 7 heteroatoms. The van der Waals surface area contributed by atoms with Gasteiger partial charge in [0.2, 0.25) is 5.78 Å². The molecule has 4 aliphatic carbocycles. The maximum atomic E-state index is 16.9. The highest BCUT2D eigenvalue weighted by Gasteiger charge is 2.73. The van der Waals surface area contributed by atoms with Crippen molar-refractivity contribution >= 4 is 17.5 Å². The average molecular weight is 421 g/mol. The fourth-order valence-electron chi connectivity index (χ4n) is 7.39. The van der Waals surface area contributed by atoms with Crippen molar-refractivity contribution in [2.24, 2.45) is 34.5 Å². The zero-order valence-electron chi connectivity index (χ0n) is 17.7. The quantitative estimate of drug-likeness (QED) is 0.671. The van der Waals surface area contributed by atoms with Gasteiger partial charge in [0.05, 0.1) is 6.10 Å². The molecule has 2 N–H and O–H groups in total. The number of carbonyl (C=O) groups is 3. The predicted octanol–water partition coefficient (Wildman–Crippen LogP) is 2.48. The first-order chi connectivity index (χ1) is 13.9. The van der Waals surface area contributed by atoms with Crippen molar-refractivity contribution in [2.75, 3.05) is 7.05 Å². The molecule has 4 aliphatic rings. The van der Waals surface area contributed by atoms with E-state index in [-0.39, 0.29) is 36.0 Å². The molecular formula is C23H29F2NO4. The van der Waals surface area contributed by atoms with Crippen LogP contribution in [0.4, 0.5) is 8.78 Å². The Bertz CT molecular complexity index is 884. The van der Waals surface area contributed by atoms with Crippen molar-refractivity contribution in [3.63, 3.8) is 0 Å². The molecule has 5 nitrogen and oxygen atoms in total. The lowest BCUT2D eigenvalue weighted by molar-refractivity contribution is -0.202. The third-order valence-electron chi connectivity index (χ3n) is 8.70. The van der Waals surface area contributed by atoms with Crippen molar-refractivity contribution in [1.29, 1.82) is 0 Å². The molecule has 0 bridgehead atoms. The van der Waals surface area contributed by atoms with Crippen molar-refractivity contribution in [3.8, 4) is 0 Å². The summed E-state index contributed by atoms with van der Waals surface area (Å²) in [6, 6.07) is 0. The summed E-state index contributed by atoms with van der Waals surface area (Å²) in [5, 5.41) is 13.5. The third-order valence-corrected chi connectivity index (χ3v) is 8.70. The molecule has 0 radical (unpaired) electrons. The molecule has 9 atom stereocenters. The van der Waals surface area contributed by atoms with Crippen LogP contribution in [0.3, 0.4) is 0 Å². The minimum atomic E-state index is -2.16. The number of hydrogen-bond acceptors (Lipinski definition) is 4. The normalized spacial score (nSPS) is 49.6. The van der Waals surface area contributed by atoms with Crippen LogP contribution in [0.15, 0.2) is 23.8 Å². The zero-order valence-corrected chi connectivity index (χ0v) is 17.7. The van der Waals surface area contributed by atoms with Crippen molar-refractivity contribution in [2.45, 2.75) is 58.0 Å². The van der Waals surface area contributed by atoms with Crippen LogP contribution >= 0.6 is 0 Å². The van der Waals surface area contributed by atoms with Gasteiger partial charge >= 0.3 is 0 Å². The number of halogens is 2. The molecule has 4 rings (SSSR count). The van der Waals surface area contributed by atoms with Crippen LogP contribution in [0.1, 0.15) is 40.0 Å². The van der Waals surface area contributed by atoms with E-state index in [1.807, 2.05) is 13.8 Å². The Labute approximate surface area is 175 Å². The number of rotatable bonds is 2. The van der Waals surface area contributed by atoms with E-state index in [1.165, 1.54) is 19.2 Å². The van der Waals surface area contributed by atoms with Crippen LogP contribution in [0, 0.1) is 34.5 Å². The molecule has 1 amide bonds. The largest absolute Gasteiger partial charge is 0.390 e. The molecule has 3 fully saturated rings. The highest BCUT2D eigenvalue weighted by molar-refractivity contribution is 6.37. The number of Topliss-reactive ketones (excluding diaryl/α,β-unsaturated/α-hetero) is 1. The van der Waals surface area contributed by atoms with Gasteiger partial charge in [0.1, 0.15) is 6.17 Å². The number of likely N-dealkylation sites (N-methyl/N-ethyl adjacent to an activating group) is 1. The molecule has 3 saturated carbocycles. The van der Waals surface area contributed by atoms with Gasteiger partial charge in [-0.2, -0.15) is 0 Å². The van der Waals surface area contributed by atoms with Gasteiger partial charge in [0, 0.05) is 24.3 Å². The van der Waals surface area contributed by atoms with Gasteiger partial charge in [-0.25, -0.2) is 8.78 Å². The monoisotopic (exact) mass is 421 g/mol. The number of amides is 1. The SMILES string of the molecule is CNC(=O)C(=O)[C@H]1C(C)C[C@H]2[C@@H]3CC(F)C4=CC(=O)C=C[C@]4(C)[C@@]3(F)C(O)C[C@]12C. The van der Waals surface area contributed by atoms with Crippen LogP contribution in [-0.4, -0.2) is 47.6 Å². The number of aliphatic hydroxyl groups is 1. The van der Waals surface area contributed by atoms with Crippen LogP contribution in [0.2, 0.25) is 0 Å². The van der Waals surface area contributed by atoms with Crippen LogP contribution in [-0.2, 0) is 14.4 Å². The van der Waals surface area contributed by atoms with Crippen LogP contribution < -0.4 is 5.32 Å². The van der Waals surface area contributed by atoms with Crippen molar-refractivity contribution in [1.82, 2.24) is 5.32 Å². The van der Waals surface area contributed by atoms with E-state index in [4.69, 9.17) is 0 Å². The highest BCUT2D eigenvalue weighted by Crippen LogP contribution is 2.70. The molecular weight excluding hydrogens is 392 g/mol. The molecule has 3 unspecified atom stereocenters. The van der Waals surface area contributed by atoms with E-state index in [1.54, 1.807) is 6.92 Å². The number of ketones is 2. The molecule has 0 aliphatic heterocycles. The van der Waals surface area contributed by atoms with Crippen molar-refractivity contribution in [3.05, 3.63) is 23.8 Å². The minimum absolute atomic E-state index is 0.00398. The number of fused-ring (bicyclic) bond motifs is 5. The lowest BCUT2D eigenvalue weighted by atomic mass is 9.45. The molecule has 0 aromatic carbocycles. The second-order valence-electron chi connectivity index (χ2n) is 10.1. The fraction of sp³-hybridized carbons (Fsp3) is 0.696. The third kappa shape index (κ3) is 2.44. The summed E-state index contributed by atoms with van der Waals surface area (Å²) >= 11 is 0. The first kappa shape index (κ1) is 21.3. The maximum Gasteiger partial charge on any atom is 0.287 e.